The predicted molar refractivity (Wildman–Crippen MR) is 70.4 cm³/mol. The van der Waals surface area contributed by atoms with E-state index in [0.29, 0.717) is 18.2 Å². The van der Waals surface area contributed by atoms with Crippen molar-refractivity contribution >= 4 is 17.5 Å². The molecule has 0 saturated carbocycles. The van der Waals surface area contributed by atoms with Crippen molar-refractivity contribution in [3.63, 3.8) is 0 Å². The maximum absolute atomic E-state index is 12.0. The van der Waals surface area contributed by atoms with Gasteiger partial charge < -0.3 is 16.0 Å². The van der Waals surface area contributed by atoms with Gasteiger partial charge in [0.15, 0.2) is 0 Å². The summed E-state index contributed by atoms with van der Waals surface area (Å²) >= 11 is 0. The van der Waals surface area contributed by atoms with Crippen LogP contribution in [0.25, 0.3) is 0 Å². The third kappa shape index (κ3) is 1.87. The van der Waals surface area contributed by atoms with Gasteiger partial charge in [-0.05, 0) is 27.7 Å². The van der Waals surface area contributed by atoms with E-state index in [0.717, 1.165) is 17.9 Å². The highest BCUT2D eigenvalue weighted by Gasteiger charge is 2.39. The monoisotopic (exact) mass is 249 g/mol. The molecular formula is C12H19N5O. The maximum atomic E-state index is 12.0. The van der Waals surface area contributed by atoms with Crippen LogP contribution in [0.1, 0.15) is 25.2 Å². The molecular weight excluding hydrogens is 230 g/mol. The minimum atomic E-state index is -0.629. The standard InChI is InChI=1S/C12H19N5O/c1-7-9(13)15-8(2)16-10(7)17-6-5-14-11(18)12(17,3)4/h5-6H2,1-4H3,(H,14,18)(H2,13,15,16). The Morgan fingerprint density at radius 3 is 2.67 bits per heavy atom. The van der Waals surface area contributed by atoms with E-state index in [-0.39, 0.29) is 5.91 Å². The summed E-state index contributed by atoms with van der Waals surface area (Å²) in [5.74, 6) is 1.84. The second kappa shape index (κ2) is 4.12. The second-order valence-electron chi connectivity index (χ2n) is 5.07. The van der Waals surface area contributed by atoms with Gasteiger partial charge in [0.25, 0.3) is 0 Å². The van der Waals surface area contributed by atoms with Crippen molar-refractivity contribution in [1.82, 2.24) is 15.3 Å². The zero-order chi connectivity index (χ0) is 13.5. The summed E-state index contributed by atoms with van der Waals surface area (Å²) in [6.07, 6.45) is 0. The fourth-order valence-electron chi connectivity index (χ4n) is 2.17. The Kier molecular flexibility index (Phi) is 2.88. The van der Waals surface area contributed by atoms with Gasteiger partial charge in [0, 0.05) is 18.7 Å². The Labute approximate surface area is 107 Å². The Morgan fingerprint density at radius 1 is 1.33 bits per heavy atom. The van der Waals surface area contributed by atoms with Crippen molar-refractivity contribution in [1.29, 1.82) is 0 Å². The molecule has 0 radical (unpaired) electrons. The summed E-state index contributed by atoms with van der Waals surface area (Å²) in [6, 6.07) is 0. The first-order valence-electron chi connectivity index (χ1n) is 6.00. The summed E-state index contributed by atoms with van der Waals surface area (Å²) in [4.78, 5) is 22.5. The Morgan fingerprint density at radius 2 is 2.00 bits per heavy atom. The average Bonchev–Trinajstić information content (AvgIpc) is 2.27. The number of rotatable bonds is 1. The van der Waals surface area contributed by atoms with E-state index in [4.69, 9.17) is 5.73 Å². The smallest absolute Gasteiger partial charge is 0.245 e. The molecule has 0 aromatic carbocycles. The molecule has 6 heteroatoms. The lowest BCUT2D eigenvalue weighted by molar-refractivity contribution is -0.126. The molecule has 0 atom stereocenters. The third-order valence-electron chi connectivity index (χ3n) is 3.38. The van der Waals surface area contributed by atoms with Crippen molar-refractivity contribution in [3.8, 4) is 0 Å². The van der Waals surface area contributed by atoms with Crippen molar-refractivity contribution in [2.24, 2.45) is 0 Å². The zero-order valence-electron chi connectivity index (χ0n) is 11.2. The number of nitrogens with one attached hydrogen (secondary N) is 1. The van der Waals surface area contributed by atoms with Gasteiger partial charge in [0.1, 0.15) is 23.0 Å². The topological polar surface area (TPSA) is 84.1 Å². The molecule has 0 bridgehead atoms. The highest BCUT2D eigenvalue weighted by atomic mass is 16.2. The number of piperazine rings is 1. The first kappa shape index (κ1) is 12.6. The van der Waals surface area contributed by atoms with Gasteiger partial charge in [-0.3, -0.25) is 4.79 Å². The van der Waals surface area contributed by atoms with Crippen molar-refractivity contribution in [2.75, 3.05) is 23.7 Å². The molecule has 1 aliphatic heterocycles. The van der Waals surface area contributed by atoms with Gasteiger partial charge in [0.05, 0.1) is 0 Å². The molecule has 1 aromatic heterocycles. The number of amides is 1. The molecule has 2 rings (SSSR count). The van der Waals surface area contributed by atoms with Crippen LogP contribution in [0.2, 0.25) is 0 Å². The maximum Gasteiger partial charge on any atom is 0.245 e. The summed E-state index contributed by atoms with van der Waals surface area (Å²) < 4.78 is 0. The molecule has 0 aliphatic carbocycles. The average molecular weight is 249 g/mol. The number of carbonyl (C=O) groups excluding carboxylic acids is 1. The number of carbonyl (C=O) groups is 1. The van der Waals surface area contributed by atoms with E-state index in [1.165, 1.54) is 0 Å². The van der Waals surface area contributed by atoms with Crippen molar-refractivity contribution in [2.45, 2.75) is 33.2 Å². The highest BCUT2D eigenvalue weighted by Crippen LogP contribution is 2.29. The van der Waals surface area contributed by atoms with Crippen molar-refractivity contribution < 1.29 is 4.79 Å². The number of hydrogen-bond donors (Lipinski definition) is 2. The van der Waals surface area contributed by atoms with Crippen LogP contribution in [0.5, 0.6) is 0 Å². The summed E-state index contributed by atoms with van der Waals surface area (Å²) in [5, 5.41) is 2.87. The summed E-state index contributed by atoms with van der Waals surface area (Å²) in [7, 11) is 0. The minimum absolute atomic E-state index is 0.00277. The molecule has 2 heterocycles. The highest BCUT2D eigenvalue weighted by molar-refractivity contribution is 5.90. The quantitative estimate of drug-likeness (QED) is 0.752. The van der Waals surface area contributed by atoms with Crippen LogP contribution >= 0.6 is 0 Å². The number of aromatic nitrogens is 2. The minimum Gasteiger partial charge on any atom is -0.383 e. The van der Waals surface area contributed by atoms with Crippen LogP contribution in [0.3, 0.4) is 0 Å². The van der Waals surface area contributed by atoms with Crippen LogP contribution in [0.15, 0.2) is 0 Å². The van der Waals surface area contributed by atoms with E-state index >= 15 is 0 Å². The van der Waals surface area contributed by atoms with Crippen LogP contribution in [0.4, 0.5) is 11.6 Å². The molecule has 0 unspecified atom stereocenters. The molecule has 3 N–H and O–H groups in total. The lowest BCUT2D eigenvalue weighted by Gasteiger charge is -2.42. The first-order chi connectivity index (χ1) is 8.34. The number of aryl methyl sites for hydroxylation is 1. The normalized spacial score (nSPS) is 18.7. The second-order valence-corrected chi connectivity index (χ2v) is 5.07. The third-order valence-corrected chi connectivity index (χ3v) is 3.38. The molecule has 1 aliphatic rings. The van der Waals surface area contributed by atoms with Crippen LogP contribution in [-0.2, 0) is 4.79 Å². The van der Waals surface area contributed by atoms with E-state index in [1.807, 2.05) is 25.7 Å². The molecule has 1 fully saturated rings. The van der Waals surface area contributed by atoms with Gasteiger partial charge in [-0.1, -0.05) is 0 Å². The summed E-state index contributed by atoms with van der Waals surface area (Å²) in [6.45, 7) is 8.78. The summed E-state index contributed by atoms with van der Waals surface area (Å²) in [5.41, 5.74) is 6.07. The fraction of sp³-hybridized carbons (Fsp3) is 0.583. The largest absolute Gasteiger partial charge is 0.383 e. The number of hydrogen-bond acceptors (Lipinski definition) is 5. The first-order valence-corrected chi connectivity index (χ1v) is 6.00. The van der Waals surface area contributed by atoms with Gasteiger partial charge in [0.2, 0.25) is 5.91 Å². The molecule has 1 amide bonds. The lowest BCUT2D eigenvalue weighted by atomic mass is 9.98. The zero-order valence-corrected chi connectivity index (χ0v) is 11.2. The number of nitrogens with zero attached hydrogens (tertiary/aromatic N) is 3. The fourth-order valence-corrected chi connectivity index (χ4v) is 2.17. The number of nitrogens with two attached hydrogens (primary N) is 1. The Balaban J connectivity index is 2.51. The Hall–Kier alpha value is -1.85. The van der Waals surface area contributed by atoms with Gasteiger partial charge in [-0.15, -0.1) is 0 Å². The van der Waals surface area contributed by atoms with Crippen LogP contribution in [0, 0.1) is 13.8 Å². The molecule has 1 aromatic rings. The van der Waals surface area contributed by atoms with Gasteiger partial charge >= 0.3 is 0 Å². The van der Waals surface area contributed by atoms with Gasteiger partial charge in [-0.25, -0.2) is 9.97 Å². The molecule has 0 spiro atoms. The predicted octanol–water partition coefficient (Wildman–Crippen LogP) is 0.390. The molecule has 6 nitrogen and oxygen atoms in total. The molecule has 18 heavy (non-hydrogen) atoms. The molecule has 1 saturated heterocycles. The van der Waals surface area contributed by atoms with Crippen LogP contribution in [-0.4, -0.2) is 34.5 Å². The lowest BCUT2D eigenvalue weighted by Crippen LogP contribution is -2.62. The van der Waals surface area contributed by atoms with Crippen LogP contribution < -0.4 is 16.0 Å². The van der Waals surface area contributed by atoms with Crippen molar-refractivity contribution in [3.05, 3.63) is 11.4 Å². The van der Waals surface area contributed by atoms with E-state index in [1.54, 1.807) is 6.92 Å². The van der Waals surface area contributed by atoms with E-state index in [2.05, 4.69) is 15.3 Å². The Bertz CT molecular complexity index is 497. The van der Waals surface area contributed by atoms with Gasteiger partial charge in [-0.2, -0.15) is 0 Å². The number of nitrogen functional groups attached to an aromatic ring is 1. The molecule has 98 valence electrons. The number of anilines is 2. The van der Waals surface area contributed by atoms with E-state index in [9.17, 15) is 4.79 Å². The van der Waals surface area contributed by atoms with E-state index < -0.39 is 5.54 Å². The SMILES string of the molecule is Cc1nc(N)c(C)c(N2CCNC(=O)C2(C)C)n1.